The smallest absolute Gasteiger partial charge is 0.300 e. The Morgan fingerprint density at radius 1 is 0.969 bits per heavy atom. The van der Waals surface area contributed by atoms with Gasteiger partial charge in [0.2, 0.25) is 0 Å². The monoisotopic (exact) mass is 428 g/mol. The minimum atomic E-state index is -0.847. The number of aliphatic hydroxyl groups is 1. The molecule has 1 unspecified atom stereocenters. The number of carbonyl (C=O) groups excluding carboxylic acids is 2. The number of anilines is 1. The third-order valence-electron chi connectivity index (χ3n) is 5.87. The molecule has 6 heteroatoms. The lowest BCUT2D eigenvalue weighted by atomic mass is 9.96. The number of pyridine rings is 1. The average Bonchev–Trinajstić information content (AvgIpc) is 3.06. The highest BCUT2D eigenvalue weighted by Gasteiger charge is 2.47. The Balaban J connectivity index is 1.95. The number of rotatable bonds is 4. The van der Waals surface area contributed by atoms with E-state index < -0.39 is 17.7 Å². The van der Waals surface area contributed by atoms with Crippen molar-refractivity contribution in [3.05, 3.63) is 94.3 Å². The van der Waals surface area contributed by atoms with Gasteiger partial charge in [0.25, 0.3) is 11.7 Å². The van der Waals surface area contributed by atoms with Gasteiger partial charge in [0.15, 0.2) is 0 Å². The standard InChI is InChI=1S/C26H24N2O4/c1-15-8-9-18(13-16(15)2)28-23(21-7-5-6-12-27-21)22(25(30)26(28)31)24(29)20-11-10-19(32-4)14-17(20)3/h5-14,23,29H,1-4H3/b24-22-. The molecule has 1 aliphatic heterocycles. The maximum absolute atomic E-state index is 13.2. The molecule has 3 aromatic rings. The van der Waals surface area contributed by atoms with Gasteiger partial charge in [-0.25, -0.2) is 0 Å². The normalized spacial score (nSPS) is 17.6. The maximum Gasteiger partial charge on any atom is 0.300 e. The van der Waals surface area contributed by atoms with Crippen LogP contribution >= 0.6 is 0 Å². The summed E-state index contributed by atoms with van der Waals surface area (Å²) >= 11 is 0. The van der Waals surface area contributed by atoms with Crippen molar-refractivity contribution < 1.29 is 19.4 Å². The van der Waals surface area contributed by atoms with Gasteiger partial charge in [-0.15, -0.1) is 0 Å². The highest BCUT2D eigenvalue weighted by molar-refractivity contribution is 6.51. The second-order valence-electron chi connectivity index (χ2n) is 7.87. The van der Waals surface area contributed by atoms with E-state index in [0.717, 1.165) is 16.7 Å². The number of ether oxygens (including phenoxy) is 1. The number of nitrogens with zero attached hydrogens (tertiary/aromatic N) is 2. The molecular weight excluding hydrogens is 404 g/mol. The highest BCUT2D eigenvalue weighted by Crippen LogP contribution is 2.42. The third-order valence-corrected chi connectivity index (χ3v) is 5.87. The summed E-state index contributed by atoms with van der Waals surface area (Å²) in [6, 6.07) is 15.2. The molecule has 1 N–H and O–H groups in total. The van der Waals surface area contributed by atoms with Gasteiger partial charge in [-0.1, -0.05) is 12.1 Å². The number of aliphatic hydroxyl groups excluding tert-OH is 1. The van der Waals surface area contributed by atoms with Gasteiger partial charge >= 0.3 is 0 Å². The Bertz CT molecular complexity index is 1250. The van der Waals surface area contributed by atoms with Crippen LogP contribution in [0.3, 0.4) is 0 Å². The van der Waals surface area contributed by atoms with Crippen LogP contribution in [0.5, 0.6) is 5.75 Å². The summed E-state index contributed by atoms with van der Waals surface area (Å²) in [6.07, 6.45) is 1.61. The molecule has 0 bridgehead atoms. The highest BCUT2D eigenvalue weighted by atomic mass is 16.5. The number of Topliss-reactive ketones (excluding diaryl/α,β-unsaturated/α-hetero) is 1. The van der Waals surface area contributed by atoms with Crippen LogP contribution in [-0.4, -0.2) is 28.9 Å². The Morgan fingerprint density at radius 3 is 2.38 bits per heavy atom. The van der Waals surface area contributed by atoms with Gasteiger partial charge in [0.1, 0.15) is 17.6 Å². The van der Waals surface area contributed by atoms with Crippen molar-refractivity contribution in [2.45, 2.75) is 26.8 Å². The van der Waals surface area contributed by atoms with Crippen LogP contribution in [0.25, 0.3) is 5.76 Å². The van der Waals surface area contributed by atoms with Crippen LogP contribution in [0.2, 0.25) is 0 Å². The van der Waals surface area contributed by atoms with Gasteiger partial charge in [-0.05, 0) is 79.9 Å². The number of carbonyl (C=O) groups is 2. The van der Waals surface area contributed by atoms with E-state index in [4.69, 9.17) is 4.74 Å². The summed E-state index contributed by atoms with van der Waals surface area (Å²) in [5, 5.41) is 11.3. The van der Waals surface area contributed by atoms with Crippen molar-refractivity contribution in [1.82, 2.24) is 4.98 Å². The molecule has 0 aliphatic carbocycles. The zero-order valence-electron chi connectivity index (χ0n) is 18.4. The predicted octanol–water partition coefficient (Wildman–Crippen LogP) is 4.64. The van der Waals surface area contributed by atoms with Crippen molar-refractivity contribution >= 4 is 23.1 Å². The predicted molar refractivity (Wildman–Crippen MR) is 123 cm³/mol. The molecular formula is C26H24N2O4. The van der Waals surface area contributed by atoms with Crippen LogP contribution < -0.4 is 9.64 Å². The Morgan fingerprint density at radius 2 is 1.75 bits per heavy atom. The lowest BCUT2D eigenvalue weighted by molar-refractivity contribution is -0.132. The first-order valence-electron chi connectivity index (χ1n) is 10.3. The quantitative estimate of drug-likeness (QED) is 0.372. The second-order valence-corrected chi connectivity index (χ2v) is 7.87. The molecule has 0 spiro atoms. The van der Waals surface area contributed by atoms with Crippen LogP contribution in [0.15, 0.2) is 66.4 Å². The van der Waals surface area contributed by atoms with Crippen molar-refractivity contribution in [3.63, 3.8) is 0 Å². The number of hydrogen-bond donors (Lipinski definition) is 1. The third kappa shape index (κ3) is 3.54. The van der Waals surface area contributed by atoms with Gasteiger partial charge in [0, 0.05) is 17.4 Å². The van der Waals surface area contributed by atoms with Gasteiger partial charge in [0.05, 0.1) is 18.4 Å². The molecule has 1 fully saturated rings. The fourth-order valence-electron chi connectivity index (χ4n) is 3.97. The fourth-order valence-corrected chi connectivity index (χ4v) is 3.97. The number of benzene rings is 2. The number of aromatic nitrogens is 1. The summed E-state index contributed by atoms with van der Waals surface area (Å²) in [6.45, 7) is 5.74. The Hall–Kier alpha value is -3.93. The number of hydrogen-bond acceptors (Lipinski definition) is 5. The van der Waals surface area contributed by atoms with E-state index in [1.54, 1.807) is 49.7 Å². The van der Waals surface area contributed by atoms with Crippen LogP contribution in [0, 0.1) is 20.8 Å². The molecule has 1 aromatic heterocycles. The summed E-state index contributed by atoms with van der Waals surface area (Å²) in [5.74, 6) is -1.04. The molecule has 4 rings (SSSR count). The Kier molecular flexibility index (Phi) is 5.53. The summed E-state index contributed by atoms with van der Waals surface area (Å²) in [4.78, 5) is 32.2. The summed E-state index contributed by atoms with van der Waals surface area (Å²) < 4.78 is 5.24. The zero-order chi connectivity index (χ0) is 23.0. The average molecular weight is 428 g/mol. The van der Waals surface area contributed by atoms with Gasteiger partial charge < -0.3 is 9.84 Å². The first kappa shape index (κ1) is 21.3. The molecule has 1 saturated heterocycles. The van der Waals surface area contributed by atoms with E-state index in [9.17, 15) is 14.7 Å². The molecule has 0 saturated carbocycles. The van der Waals surface area contributed by atoms with E-state index in [1.807, 2.05) is 39.0 Å². The van der Waals surface area contributed by atoms with Crippen LogP contribution in [0.1, 0.15) is 34.0 Å². The Labute approximate surface area is 186 Å². The molecule has 6 nitrogen and oxygen atoms in total. The number of aryl methyl sites for hydroxylation is 3. The van der Waals surface area contributed by atoms with Crippen molar-refractivity contribution in [1.29, 1.82) is 0 Å². The molecule has 2 heterocycles. The minimum absolute atomic E-state index is 0.0141. The first-order chi connectivity index (χ1) is 15.3. The molecule has 1 aliphatic rings. The molecule has 1 amide bonds. The van der Waals surface area contributed by atoms with E-state index in [-0.39, 0.29) is 11.3 Å². The van der Waals surface area contributed by atoms with E-state index in [0.29, 0.717) is 22.7 Å². The second kappa shape index (κ2) is 8.30. The molecule has 2 aromatic carbocycles. The minimum Gasteiger partial charge on any atom is -0.507 e. The fraction of sp³-hybridized carbons (Fsp3) is 0.192. The molecule has 32 heavy (non-hydrogen) atoms. The molecule has 1 atom stereocenters. The van der Waals surface area contributed by atoms with Crippen LogP contribution in [-0.2, 0) is 9.59 Å². The SMILES string of the molecule is COc1ccc(/C(O)=C2/C(=O)C(=O)N(c3ccc(C)c(C)c3)C2c2ccccn2)c(C)c1. The number of methoxy groups -OCH3 is 1. The van der Waals surface area contributed by atoms with Crippen molar-refractivity contribution in [2.24, 2.45) is 0 Å². The first-order valence-corrected chi connectivity index (χ1v) is 10.3. The molecule has 162 valence electrons. The summed E-state index contributed by atoms with van der Waals surface area (Å²) in [5.41, 5.74) is 4.35. The maximum atomic E-state index is 13.2. The van der Waals surface area contributed by atoms with E-state index in [1.165, 1.54) is 4.90 Å². The van der Waals surface area contributed by atoms with Gasteiger partial charge in [-0.2, -0.15) is 0 Å². The lowest BCUT2D eigenvalue weighted by Crippen LogP contribution is -2.29. The number of amides is 1. The molecule has 0 radical (unpaired) electrons. The lowest BCUT2D eigenvalue weighted by Gasteiger charge is -2.25. The van der Waals surface area contributed by atoms with Gasteiger partial charge in [-0.3, -0.25) is 19.5 Å². The number of ketones is 1. The zero-order valence-corrected chi connectivity index (χ0v) is 18.4. The van der Waals surface area contributed by atoms with E-state index in [2.05, 4.69) is 4.98 Å². The van der Waals surface area contributed by atoms with Crippen molar-refractivity contribution in [2.75, 3.05) is 12.0 Å². The van der Waals surface area contributed by atoms with Crippen LogP contribution in [0.4, 0.5) is 5.69 Å². The topological polar surface area (TPSA) is 79.7 Å². The summed E-state index contributed by atoms with van der Waals surface area (Å²) in [7, 11) is 1.56. The largest absolute Gasteiger partial charge is 0.507 e. The van der Waals surface area contributed by atoms with Crippen molar-refractivity contribution in [3.8, 4) is 5.75 Å². The van der Waals surface area contributed by atoms with E-state index >= 15 is 0 Å².